The van der Waals surface area contributed by atoms with Gasteiger partial charge in [0.25, 0.3) is 0 Å². The van der Waals surface area contributed by atoms with Crippen molar-refractivity contribution in [3.05, 3.63) is 47.0 Å². The summed E-state index contributed by atoms with van der Waals surface area (Å²) < 4.78 is 66.4. The zero-order chi connectivity index (χ0) is 24.6. The molecule has 1 aromatic carbocycles. The zero-order valence-corrected chi connectivity index (χ0v) is 20.6. The first kappa shape index (κ1) is 27.2. The first-order valence-corrected chi connectivity index (χ1v) is 13.5. The summed E-state index contributed by atoms with van der Waals surface area (Å²) in [5.41, 5.74) is -1.40. The number of allylic oxidation sites excluding steroid dienone is 2. The third-order valence-corrected chi connectivity index (χ3v) is 8.25. The van der Waals surface area contributed by atoms with Crippen LogP contribution in [0.15, 0.2) is 24.3 Å². The van der Waals surface area contributed by atoms with Crippen LogP contribution in [0.5, 0.6) is 0 Å². The fourth-order valence-corrected chi connectivity index (χ4v) is 6.14. The van der Waals surface area contributed by atoms with Gasteiger partial charge in [0.1, 0.15) is 17.2 Å². The Morgan fingerprint density at radius 2 is 1.24 bits per heavy atom. The molecule has 0 heterocycles. The lowest BCUT2D eigenvalue weighted by molar-refractivity contribution is -0.142. The van der Waals surface area contributed by atoms with Gasteiger partial charge in [-0.25, -0.2) is 8.78 Å². The van der Waals surface area contributed by atoms with Crippen molar-refractivity contribution < 1.29 is 22.0 Å². The summed E-state index contributed by atoms with van der Waals surface area (Å²) in [7, 11) is 0. The van der Waals surface area contributed by atoms with Crippen LogP contribution < -0.4 is 0 Å². The van der Waals surface area contributed by atoms with Gasteiger partial charge in [-0.1, -0.05) is 70.4 Å². The average Bonchev–Trinajstić information content (AvgIpc) is 2.79. The smallest absolute Gasteiger partial charge is 0.206 e. The van der Waals surface area contributed by atoms with Gasteiger partial charge >= 0.3 is 6.18 Å². The van der Waals surface area contributed by atoms with Crippen molar-refractivity contribution >= 4 is 0 Å². The molecule has 0 saturated heterocycles. The third-order valence-electron chi connectivity index (χ3n) is 8.25. The van der Waals surface area contributed by atoms with E-state index in [1.165, 1.54) is 64.2 Å². The fourth-order valence-electron chi connectivity index (χ4n) is 6.14. The van der Waals surface area contributed by atoms with Crippen LogP contribution in [0.1, 0.15) is 120 Å². The van der Waals surface area contributed by atoms with E-state index < -0.39 is 23.4 Å². The summed E-state index contributed by atoms with van der Waals surface area (Å²) in [5.74, 6) is -0.655. The number of unbranched alkanes of at least 4 members (excludes halogenated alkanes) is 2. The molecule has 3 rings (SSSR count). The molecule has 2 fully saturated rings. The normalized spacial score (nSPS) is 26.3. The highest BCUT2D eigenvalue weighted by molar-refractivity contribution is 5.30. The molecule has 192 valence electrons. The maximum Gasteiger partial charge on any atom is 0.422 e. The zero-order valence-electron chi connectivity index (χ0n) is 20.6. The Labute approximate surface area is 202 Å². The number of rotatable bonds is 10. The molecule has 0 unspecified atom stereocenters. The molecule has 0 atom stereocenters. The molecule has 0 N–H and O–H groups in total. The lowest BCUT2D eigenvalue weighted by Gasteiger charge is -2.32. The summed E-state index contributed by atoms with van der Waals surface area (Å²) >= 11 is 0. The average molecular weight is 485 g/mol. The molecule has 2 aliphatic carbocycles. The molecular weight excluding hydrogens is 443 g/mol. The van der Waals surface area contributed by atoms with Gasteiger partial charge in [0.2, 0.25) is 0 Å². The van der Waals surface area contributed by atoms with E-state index in [1.807, 2.05) is 0 Å². The lowest BCUT2D eigenvalue weighted by Crippen LogP contribution is -2.18. The Morgan fingerprint density at radius 3 is 1.74 bits per heavy atom. The van der Waals surface area contributed by atoms with Gasteiger partial charge in [0, 0.05) is 0 Å². The van der Waals surface area contributed by atoms with Crippen molar-refractivity contribution in [2.75, 3.05) is 0 Å². The van der Waals surface area contributed by atoms with Crippen LogP contribution in [0.4, 0.5) is 22.0 Å². The van der Waals surface area contributed by atoms with Crippen LogP contribution in [-0.4, -0.2) is 0 Å². The van der Waals surface area contributed by atoms with E-state index in [0.717, 1.165) is 56.1 Å². The van der Waals surface area contributed by atoms with Crippen molar-refractivity contribution in [2.24, 2.45) is 17.8 Å². The molecule has 1 aromatic rings. The molecule has 2 saturated carbocycles. The number of benzene rings is 1. The summed E-state index contributed by atoms with van der Waals surface area (Å²) in [6, 6.07) is 1.80. The van der Waals surface area contributed by atoms with Gasteiger partial charge in [0.05, 0.1) is 0 Å². The van der Waals surface area contributed by atoms with Crippen LogP contribution in [0.2, 0.25) is 0 Å². The first-order chi connectivity index (χ1) is 16.3. The van der Waals surface area contributed by atoms with Crippen LogP contribution in [0.25, 0.3) is 0 Å². The van der Waals surface area contributed by atoms with E-state index in [-0.39, 0.29) is 5.92 Å². The number of halogens is 5. The highest BCUT2D eigenvalue weighted by Gasteiger charge is 2.38. The summed E-state index contributed by atoms with van der Waals surface area (Å²) in [6.45, 7) is 2.17. The summed E-state index contributed by atoms with van der Waals surface area (Å²) in [4.78, 5) is 0. The quantitative estimate of drug-likeness (QED) is 0.176. The molecule has 0 radical (unpaired) electrons. The topological polar surface area (TPSA) is 0 Å². The van der Waals surface area contributed by atoms with Crippen molar-refractivity contribution in [1.82, 2.24) is 0 Å². The molecule has 5 heteroatoms. The summed E-state index contributed by atoms with van der Waals surface area (Å²) in [6.07, 6.45) is 17.4. The van der Waals surface area contributed by atoms with Crippen LogP contribution >= 0.6 is 0 Å². The standard InChI is InChI=1S/C29H41F5/c1-2-3-4-5-6-7-8-21-9-11-22(12-10-21)13-14-23-15-17-24(18-16-23)25-19-26(30)28(27(31)20-25)29(32,33)34/h3-4,19-24H,2,5-18H2,1H3/b4-3+/t21-,22-,23-,24-. The number of hydrogen-bond acceptors (Lipinski definition) is 0. The molecule has 0 nitrogen and oxygen atoms in total. The van der Waals surface area contributed by atoms with E-state index in [1.54, 1.807) is 0 Å². The predicted octanol–water partition coefficient (Wildman–Crippen LogP) is 10.4. The second kappa shape index (κ2) is 13.1. The monoisotopic (exact) mass is 484 g/mol. The highest BCUT2D eigenvalue weighted by Crippen LogP contribution is 2.42. The molecule has 0 spiro atoms. The molecule has 0 aromatic heterocycles. The van der Waals surface area contributed by atoms with E-state index in [0.29, 0.717) is 11.5 Å². The van der Waals surface area contributed by atoms with Crippen LogP contribution in [0.3, 0.4) is 0 Å². The first-order valence-electron chi connectivity index (χ1n) is 13.5. The summed E-state index contributed by atoms with van der Waals surface area (Å²) in [5, 5.41) is 0. The highest BCUT2D eigenvalue weighted by atomic mass is 19.4. The number of alkyl halides is 3. The van der Waals surface area contributed by atoms with Gasteiger partial charge < -0.3 is 0 Å². The Hall–Kier alpha value is -1.39. The van der Waals surface area contributed by atoms with Crippen LogP contribution in [-0.2, 0) is 6.18 Å². The van der Waals surface area contributed by atoms with Crippen molar-refractivity contribution in [1.29, 1.82) is 0 Å². The Bertz CT molecular complexity index is 742. The van der Waals surface area contributed by atoms with Gasteiger partial charge in [-0.3, -0.25) is 0 Å². The molecule has 0 bridgehead atoms. The third kappa shape index (κ3) is 8.09. The van der Waals surface area contributed by atoms with Gasteiger partial charge in [-0.15, -0.1) is 0 Å². The van der Waals surface area contributed by atoms with E-state index >= 15 is 0 Å². The van der Waals surface area contributed by atoms with Crippen LogP contribution in [0, 0.1) is 29.4 Å². The second-order valence-corrected chi connectivity index (χ2v) is 10.7. The lowest BCUT2D eigenvalue weighted by atomic mass is 9.74. The van der Waals surface area contributed by atoms with Crippen molar-refractivity contribution in [3.63, 3.8) is 0 Å². The van der Waals surface area contributed by atoms with Gasteiger partial charge in [0.15, 0.2) is 0 Å². The predicted molar refractivity (Wildman–Crippen MR) is 129 cm³/mol. The second-order valence-electron chi connectivity index (χ2n) is 10.7. The number of hydrogen-bond donors (Lipinski definition) is 0. The Balaban J connectivity index is 1.34. The minimum atomic E-state index is -5.00. The van der Waals surface area contributed by atoms with Crippen molar-refractivity contribution in [3.8, 4) is 0 Å². The fraction of sp³-hybridized carbons (Fsp3) is 0.724. The minimum Gasteiger partial charge on any atom is -0.206 e. The molecular formula is C29H41F5. The SMILES string of the molecule is CC/C=C/CCCC[C@H]1CC[C@H](CC[C@H]2CC[C@H](c3cc(F)c(C(F)(F)F)c(F)c3)CC2)CC1. The molecule has 0 amide bonds. The largest absolute Gasteiger partial charge is 0.422 e. The maximum absolute atomic E-state index is 14.0. The van der Waals surface area contributed by atoms with E-state index in [2.05, 4.69) is 19.1 Å². The minimum absolute atomic E-state index is 0.0459. The van der Waals surface area contributed by atoms with E-state index in [9.17, 15) is 22.0 Å². The van der Waals surface area contributed by atoms with Crippen molar-refractivity contribution in [2.45, 2.75) is 115 Å². The van der Waals surface area contributed by atoms with Gasteiger partial charge in [-0.05, 0) is 86.3 Å². The Kier molecular flexibility index (Phi) is 10.5. The molecule has 0 aliphatic heterocycles. The molecule has 2 aliphatic rings. The van der Waals surface area contributed by atoms with Gasteiger partial charge in [-0.2, -0.15) is 13.2 Å². The maximum atomic E-state index is 14.0. The van der Waals surface area contributed by atoms with E-state index in [4.69, 9.17) is 0 Å². The molecule has 34 heavy (non-hydrogen) atoms. The Morgan fingerprint density at radius 1 is 0.735 bits per heavy atom.